The van der Waals surface area contributed by atoms with Gasteiger partial charge in [0.05, 0.1) is 22.6 Å². The molecule has 0 radical (unpaired) electrons. The molecule has 0 unspecified atom stereocenters. The van der Waals surface area contributed by atoms with Crippen molar-refractivity contribution in [3.05, 3.63) is 58.7 Å². The minimum absolute atomic E-state index is 0.250. The van der Waals surface area contributed by atoms with Crippen molar-refractivity contribution in [1.29, 1.82) is 0 Å². The summed E-state index contributed by atoms with van der Waals surface area (Å²) in [5, 5.41) is 0.494. The van der Waals surface area contributed by atoms with E-state index >= 15 is 0 Å². The molecule has 1 fully saturated rings. The molecule has 1 aliphatic carbocycles. The first-order valence-electron chi connectivity index (χ1n) is 7.66. The van der Waals surface area contributed by atoms with Crippen molar-refractivity contribution < 1.29 is 14.3 Å². The average Bonchev–Trinajstić information content (AvgIpc) is 3.36. The average molecular weight is 332 g/mol. The Hall–Kier alpha value is -2.07. The maximum absolute atomic E-state index is 12.3. The second kappa shape index (κ2) is 6.59. The fourth-order valence-corrected chi connectivity index (χ4v) is 2.96. The van der Waals surface area contributed by atoms with Gasteiger partial charge in [0.2, 0.25) is 5.88 Å². The second-order valence-electron chi connectivity index (χ2n) is 5.55. The van der Waals surface area contributed by atoms with Gasteiger partial charge >= 0.3 is 5.97 Å². The number of hydrogen-bond donors (Lipinski definition) is 0. The summed E-state index contributed by atoms with van der Waals surface area (Å²) in [6.45, 7) is 2.52. The number of halogens is 1. The lowest BCUT2D eigenvalue weighted by atomic mass is 9.97. The van der Waals surface area contributed by atoms with E-state index in [1.807, 2.05) is 30.3 Å². The third-order valence-electron chi connectivity index (χ3n) is 3.98. The van der Waals surface area contributed by atoms with Crippen molar-refractivity contribution in [2.75, 3.05) is 6.61 Å². The molecule has 0 aliphatic heterocycles. The molecule has 1 aliphatic rings. The highest BCUT2D eigenvalue weighted by molar-refractivity contribution is 6.32. The third-order valence-corrected chi connectivity index (χ3v) is 4.29. The summed E-state index contributed by atoms with van der Waals surface area (Å²) < 4.78 is 11.1. The van der Waals surface area contributed by atoms with Crippen molar-refractivity contribution in [2.24, 2.45) is 0 Å². The number of esters is 1. The first-order chi connectivity index (χ1) is 11.2. The van der Waals surface area contributed by atoms with Crippen LogP contribution in [0.4, 0.5) is 0 Å². The summed E-state index contributed by atoms with van der Waals surface area (Å²) in [4.78, 5) is 16.6. The highest BCUT2D eigenvalue weighted by Gasteiger charge is 2.56. The van der Waals surface area contributed by atoms with Crippen LogP contribution in [0.25, 0.3) is 0 Å². The maximum Gasteiger partial charge on any atom is 0.316 e. The predicted octanol–water partition coefficient (Wildman–Crippen LogP) is 3.91. The fourth-order valence-electron chi connectivity index (χ4n) is 2.64. The van der Waals surface area contributed by atoms with Crippen molar-refractivity contribution in [3.8, 4) is 5.88 Å². The number of pyridine rings is 1. The van der Waals surface area contributed by atoms with Gasteiger partial charge in [0.1, 0.15) is 6.61 Å². The Labute approximate surface area is 140 Å². The van der Waals surface area contributed by atoms with Crippen molar-refractivity contribution in [2.45, 2.75) is 31.8 Å². The molecule has 120 valence electrons. The lowest BCUT2D eigenvalue weighted by Crippen LogP contribution is -2.24. The maximum atomic E-state index is 12.3. The van der Waals surface area contributed by atoms with Gasteiger partial charge in [-0.15, -0.1) is 0 Å². The van der Waals surface area contributed by atoms with E-state index in [0.717, 1.165) is 5.56 Å². The van der Waals surface area contributed by atoms with E-state index in [9.17, 15) is 4.79 Å². The van der Waals surface area contributed by atoms with E-state index in [0.29, 0.717) is 42.5 Å². The summed E-state index contributed by atoms with van der Waals surface area (Å²) in [7, 11) is 0. The van der Waals surface area contributed by atoms with E-state index in [4.69, 9.17) is 21.1 Å². The summed E-state index contributed by atoms with van der Waals surface area (Å²) >= 11 is 6.35. The van der Waals surface area contributed by atoms with Gasteiger partial charge in [-0.05, 0) is 31.4 Å². The minimum atomic E-state index is -0.701. The number of carbonyl (C=O) groups is 1. The van der Waals surface area contributed by atoms with Crippen LogP contribution >= 0.6 is 11.6 Å². The Morgan fingerprint density at radius 3 is 2.65 bits per heavy atom. The Bertz CT molecular complexity index is 699. The van der Waals surface area contributed by atoms with Gasteiger partial charge in [-0.25, -0.2) is 4.98 Å². The van der Waals surface area contributed by atoms with Gasteiger partial charge in [-0.2, -0.15) is 0 Å². The number of carbonyl (C=O) groups excluding carboxylic acids is 1. The fraction of sp³-hybridized carbons (Fsp3) is 0.333. The molecule has 4 nitrogen and oxygen atoms in total. The number of rotatable bonds is 6. The van der Waals surface area contributed by atoms with Crippen LogP contribution < -0.4 is 4.74 Å². The molecule has 0 amide bonds. The lowest BCUT2D eigenvalue weighted by molar-refractivity contribution is -0.146. The topological polar surface area (TPSA) is 48.4 Å². The van der Waals surface area contributed by atoms with Crippen LogP contribution in [0.5, 0.6) is 5.88 Å². The summed E-state index contributed by atoms with van der Waals surface area (Å²) in [5.74, 6) is 0.159. The number of aromatic nitrogens is 1. The van der Waals surface area contributed by atoms with E-state index in [1.165, 1.54) is 0 Å². The van der Waals surface area contributed by atoms with Gasteiger partial charge in [-0.3, -0.25) is 4.79 Å². The number of nitrogens with zero attached hydrogens (tertiary/aromatic N) is 1. The van der Waals surface area contributed by atoms with Gasteiger partial charge in [-0.1, -0.05) is 41.9 Å². The molecule has 3 rings (SSSR count). The lowest BCUT2D eigenvalue weighted by Gasteiger charge is -2.19. The quantitative estimate of drug-likeness (QED) is 0.753. The van der Waals surface area contributed by atoms with E-state index in [1.54, 1.807) is 19.2 Å². The molecule has 1 heterocycles. The van der Waals surface area contributed by atoms with Crippen molar-refractivity contribution in [1.82, 2.24) is 4.98 Å². The molecule has 0 atom stereocenters. The molecule has 0 spiro atoms. The van der Waals surface area contributed by atoms with Gasteiger partial charge in [0, 0.05) is 6.20 Å². The molecule has 5 heteroatoms. The summed E-state index contributed by atoms with van der Waals surface area (Å²) in [5.41, 5.74) is 0.977. The van der Waals surface area contributed by atoms with Gasteiger partial charge in [0.15, 0.2) is 0 Å². The predicted molar refractivity (Wildman–Crippen MR) is 87.6 cm³/mol. The largest absolute Gasteiger partial charge is 0.473 e. The standard InChI is InChI=1S/C18H18ClNO3/c1-2-22-17(21)18(9-10-18)15-14(19)8-11-20-16(15)23-12-13-6-4-3-5-7-13/h3-8,11H,2,9-10,12H2,1H3. The first-order valence-corrected chi connectivity index (χ1v) is 8.04. The van der Waals surface area contributed by atoms with E-state index in [2.05, 4.69) is 4.98 Å². The van der Waals surface area contributed by atoms with Crippen LogP contribution in [0.3, 0.4) is 0 Å². The van der Waals surface area contributed by atoms with Crippen LogP contribution in [0.15, 0.2) is 42.6 Å². The zero-order valence-corrected chi connectivity index (χ0v) is 13.7. The van der Waals surface area contributed by atoms with Crippen LogP contribution in [0.2, 0.25) is 5.02 Å². The molecule has 1 aromatic heterocycles. The highest BCUT2D eigenvalue weighted by Crippen LogP contribution is 2.54. The number of benzene rings is 1. The number of hydrogen-bond acceptors (Lipinski definition) is 4. The molecule has 2 aromatic rings. The Morgan fingerprint density at radius 1 is 1.26 bits per heavy atom. The van der Waals surface area contributed by atoms with Gasteiger partial charge < -0.3 is 9.47 Å². The first kappa shape index (κ1) is 15.8. The summed E-state index contributed by atoms with van der Waals surface area (Å²) in [6.07, 6.45) is 3.01. The van der Waals surface area contributed by atoms with Crippen molar-refractivity contribution >= 4 is 17.6 Å². The molecule has 23 heavy (non-hydrogen) atoms. The molecule has 1 saturated carbocycles. The smallest absolute Gasteiger partial charge is 0.316 e. The van der Waals surface area contributed by atoms with Crippen LogP contribution in [-0.2, 0) is 21.6 Å². The van der Waals surface area contributed by atoms with Crippen LogP contribution in [-0.4, -0.2) is 17.6 Å². The molecule has 0 saturated heterocycles. The Kier molecular flexibility index (Phi) is 4.53. The zero-order valence-electron chi connectivity index (χ0n) is 12.9. The monoisotopic (exact) mass is 331 g/mol. The SMILES string of the molecule is CCOC(=O)C1(c2c(Cl)ccnc2OCc2ccccc2)CC1. The number of ether oxygens (including phenoxy) is 2. The Morgan fingerprint density at radius 2 is 2.00 bits per heavy atom. The molecular formula is C18H18ClNO3. The highest BCUT2D eigenvalue weighted by atomic mass is 35.5. The van der Waals surface area contributed by atoms with E-state index in [-0.39, 0.29) is 5.97 Å². The molecular weight excluding hydrogens is 314 g/mol. The molecule has 1 aromatic carbocycles. The van der Waals surface area contributed by atoms with Crippen LogP contribution in [0, 0.1) is 0 Å². The van der Waals surface area contributed by atoms with Crippen LogP contribution in [0.1, 0.15) is 30.9 Å². The normalized spacial score (nSPS) is 15.0. The third kappa shape index (κ3) is 3.17. The van der Waals surface area contributed by atoms with Crippen molar-refractivity contribution in [3.63, 3.8) is 0 Å². The van der Waals surface area contributed by atoms with Gasteiger partial charge in [0.25, 0.3) is 0 Å². The Balaban J connectivity index is 1.87. The molecule has 0 N–H and O–H groups in total. The minimum Gasteiger partial charge on any atom is -0.473 e. The molecule has 0 bridgehead atoms. The van der Waals surface area contributed by atoms with E-state index < -0.39 is 5.41 Å². The zero-order chi connectivity index (χ0) is 16.3. The second-order valence-corrected chi connectivity index (χ2v) is 5.96. The summed E-state index contributed by atoms with van der Waals surface area (Å²) in [6, 6.07) is 11.5.